The van der Waals surface area contributed by atoms with E-state index in [1.165, 1.54) is 0 Å². The Hall–Kier alpha value is -1.77. The highest BCUT2D eigenvalue weighted by Crippen LogP contribution is 2.41. The number of nitrogens with zero attached hydrogens (tertiary/aromatic N) is 3. The maximum absolute atomic E-state index is 13.6. The van der Waals surface area contributed by atoms with E-state index in [4.69, 9.17) is 14.2 Å². The Kier molecular flexibility index (Phi) is 13.4. The number of fused-ring (bicyclic) bond motifs is 1. The molecule has 0 aromatic rings. The van der Waals surface area contributed by atoms with Crippen LogP contribution in [0, 0.1) is 11.8 Å². The molecule has 2 heterocycles. The second-order valence-electron chi connectivity index (χ2n) is 11.5. The molecular weight excluding hydrogens is 494 g/mol. The number of methoxy groups -OCH3 is 1. The van der Waals surface area contributed by atoms with Crippen molar-refractivity contribution in [2.24, 2.45) is 11.8 Å². The normalized spacial score (nSPS) is 23.9. The summed E-state index contributed by atoms with van der Waals surface area (Å²) in [5.41, 5.74) is 0. The van der Waals surface area contributed by atoms with Gasteiger partial charge in [0.05, 0.1) is 13.7 Å². The summed E-state index contributed by atoms with van der Waals surface area (Å²) in [7, 11) is 1.71. The predicted molar refractivity (Wildman–Crippen MR) is 155 cm³/mol. The molecule has 1 aliphatic carbocycles. The van der Waals surface area contributed by atoms with Gasteiger partial charge < -0.3 is 24.2 Å². The Balaban J connectivity index is 1.74. The van der Waals surface area contributed by atoms with E-state index in [-0.39, 0.29) is 18.6 Å². The van der Waals surface area contributed by atoms with Crippen molar-refractivity contribution in [3.63, 3.8) is 0 Å². The largest absolute Gasteiger partial charge is 0.497 e. The summed E-state index contributed by atoms with van der Waals surface area (Å²) in [5, 5.41) is 10.8. The molecule has 0 saturated carbocycles. The third-order valence-corrected chi connectivity index (χ3v) is 8.58. The van der Waals surface area contributed by atoms with Crippen LogP contribution in [-0.4, -0.2) is 91.2 Å². The number of amides is 1. The molecule has 3 aliphatic rings. The summed E-state index contributed by atoms with van der Waals surface area (Å²) < 4.78 is 17.1. The van der Waals surface area contributed by atoms with Crippen LogP contribution in [0.15, 0.2) is 23.4 Å². The summed E-state index contributed by atoms with van der Waals surface area (Å²) in [6, 6.07) is 0.307. The van der Waals surface area contributed by atoms with Crippen LogP contribution in [-0.2, 0) is 19.0 Å². The second-order valence-corrected chi connectivity index (χ2v) is 11.5. The minimum Gasteiger partial charge on any atom is -0.497 e. The fraction of sp³-hybridized carbons (Fsp3) is 0.839. The van der Waals surface area contributed by atoms with Crippen LogP contribution >= 0.6 is 0 Å². The smallest absolute Gasteiger partial charge is 0.236 e. The van der Waals surface area contributed by atoms with Gasteiger partial charge in [0.1, 0.15) is 12.0 Å². The molecule has 1 amide bonds. The van der Waals surface area contributed by atoms with Gasteiger partial charge in [-0.25, -0.2) is 0 Å². The molecule has 8 heteroatoms. The number of allylic oxidation sites excluding steroid dienone is 2. The number of aliphatic hydroxyl groups excluding tert-OH is 1. The number of rotatable bonds is 18. The first-order chi connectivity index (χ1) is 18.9. The van der Waals surface area contributed by atoms with Gasteiger partial charge in [0.15, 0.2) is 5.76 Å². The predicted octanol–water partition coefficient (Wildman–Crippen LogP) is 5.09. The molecule has 39 heavy (non-hydrogen) atoms. The Bertz CT molecular complexity index is 808. The molecule has 8 nitrogen and oxygen atoms in total. The van der Waals surface area contributed by atoms with Crippen molar-refractivity contribution in [3.05, 3.63) is 23.4 Å². The van der Waals surface area contributed by atoms with Gasteiger partial charge in [-0.2, -0.15) is 0 Å². The fourth-order valence-electron chi connectivity index (χ4n) is 6.28. The monoisotopic (exact) mass is 549 g/mol. The SMILES string of the molecule is CCCCN(CCCC)C(=O)CN1C[C@H]([C@H]2C=C3OCOC3=C(OC)C2)C[C@@H]1CCN(CCC)C(O)CCC. The third-order valence-electron chi connectivity index (χ3n) is 8.58. The first-order valence-electron chi connectivity index (χ1n) is 15.6. The number of unbranched alkanes of at least 4 members (excludes halogenated alkanes) is 2. The lowest BCUT2D eigenvalue weighted by molar-refractivity contribution is -0.133. The molecule has 4 atom stereocenters. The van der Waals surface area contributed by atoms with Crippen LogP contribution in [0.5, 0.6) is 0 Å². The van der Waals surface area contributed by atoms with Gasteiger partial charge in [0, 0.05) is 45.2 Å². The van der Waals surface area contributed by atoms with Gasteiger partial charge in [-0.3, -0.25) is 14.6 Å². The summed E-state index contributed by atoms with van der Waals surface area (Å²) in [6.45, 7) is 13.7. The Morgan fingerprint density at radius 1 is 1.08 bits per heavy atom. The molecule has 2 aliphatic heterocycles. The number of carbonyl (C=O) groups is 1. The molecule has 224 valence electrons. The highest BCUT2D eigenvalue weighted by molar-refractivity contribution is 5.78. The highest BCUT2D eigenvalue weighted by atomic mass is 16.7. The molecule has 2 fully saturated rings. The average molecular weight is 550 g/mol. The van der Waals surface area contributed by atoms with Gasteiger partial charge in [-0.1, -0.05) is 47.0 Å². The van der Waals surface area contributed by atoms with Gasteiger partial charge in [-0.15, -0.1) is 0 Å². The van der Waals surface area contributed by atoms with Crippen LogP contribution in [0.3, 0.4) is 0 Å². The number of aliphatic hydroxyl groups is 1. The Morgan fingerprint density at radius 3 is 2.46 bits per heavy atom. The number of carbonyl (C=O) groups excluding carboxylic acids is 1. The zero-order chi connectivity index (χ0) is 28.2. The van der Waals surface area contributed by atoms with Crippen LogP contribution in [0.2, 0.25) is 0 Å². The van der Waals surface area contributed by atoms with Crippen LogP contribution in [0.4, 0.5) is 0 Å². The Labute approximate surface area is 237 Å². The average Bonchev–Trinajstić information content (AvgIpc) is 3.57. The molecular formula is C31H55N3O5. The number of hydrogen-bond donors (Lipinski definition) is 1. The van der Waals surface area contributed by atoms with E-state index in [1.54, 1.807) is 7.11 Å². The van der Waals surface area contributed by atoms with E-state index < -0.39 is 6.23 Å². The standard InChI is InChI=1S/C31H55N3O5/c1-6-10-15-33(16-11-7-2)30(36)22-34-21-25(24-19-27(37-5)31-28(20-24)38-23-39-31)18-26(34)13-17-32(14-9-4)29(35)12-8-3/h20,24-26,29,35H,6-19,21-23H2,1-5H3/t24-,25-,26+,29?/m1/s1. The van der Waals surface area contributed by atoms with Crippen molar-refractivity contribution in [1.29, 1.82) is 0 Å². The van der Waals surface area contributed by atoms with Crippen molar-refractivity contribution in [1.82, 2.24) is 14.7 Å². The van der Waals surface area contributed by atoms with Crippen molar-refractivity contribution in [2.75, 3.05) is 53.2 Å². The summed E-state index contributed by atoms with van der Waals surface area (Å²) in [4.78, 5) is 20.3. The zero-order valence-electron chi connectivity index (χ0n) is 25.3. The number of likely N-dealkylation sites (tertiary alicyclic amines) is 1. The maximum atomic E-state index is 13.6. The van der Waals surface area contributed by atoms with E-state index in [2.05, 4.69) is 48.5 Å². The van der Waals surface area contributed by atoms with Crippen LogP contribution in [0.25, 0.3) is 0 Å². The second kappa shape index (κ2) is 16.5. The first-order valence-corrected chi connectivity index (χ1v) is 15.6. The topological polar surface area (TPSA) is 74.7 Å². The number of ether oxygens (including phenoxy) is 3. The summed E-state index contributed by atoms with van der Waals surface area (Å²) in [5.74, 6) is 3.37. The number of hydrogen-bond acceptors (Lipinski definition) is 7. The molecule has 2 saturated heterocycles. The maximum Gasteiger partial charge on any atom is 0.236 e. The van der Waals surface area contributed by atoms with Crippen LogP contribution < -0.4 is 0 Å². The highest BCUT2D eigenvalue weighted by Gasteiger charge is 2.40. The first kappa shape index (κ1) is 31.8. The minimum atomic E-state index is -0.392. The van der Waals surface area contributed by atoms with Gasteiger partial charge >= 0.3 is 0 Å². The molecule has 0 spiro atoms. The molecule has 1 unspecified atom stereocenters. The lowest BCUT2D eigenvalue weighted by atomic mass is 9.83. The van der Waals surface area contributed by atoms with Gasteiger partial charge in [0.2, 0.25) is 18.5 Å². The van der Waals surface area contributed by atoms with E-state index in [1.807, 2.05) is 0 Å². The van der Waals surface area contributed by atoms with Crippen molar-refractivity contribution in [3.8, 4) is 0 Å². The fourth-order valence-corrected chi connectivity index (χ4v) is 6.28. The van der Waals surface area contributed by atoms with E-state index in [0.717, 1.165) is 114 Å². The summed E-state index contributed by atoms with van der Waals surface area (Å²) in [6.07, 6.45) is 11.7. The van der Waals surface area contributed by atoms with Crippen molar-refractivity contribution >= 4 is 5.91 Å². The summed E-state index contributed by atoms with van der Waals surface area (Å²) >= 11 is 0. The van der Waals surface area contributed by atoms with E-state index in [0.29, 0.717) is 18.5 Å². The molecule has 0 aromatic heterocycles. The quantitative estimate of drug-likeness (QED) is 0.239. The van der Waals surface area contributed by atoms with Crippen molar-refractivity contribution < 1.29 is 24.1 Å². The lowest BCUT2D eigenvalue weighted by Gasteiger charge is -2.32. The van der Waals surface area contributed by atoms with E-state index in [9.17, 15) is 9.90 Å². The van der Waals surface area contributed by atoms with Gasteiger partial charge in [0.25, 0.3) is 0 Å². The van der Waals surface area contributed by atoms with Crippen molar-refractivity contribution in [2.45, 2.75) is 104 Å². The Morgan fingerprint density at radius 2 is 1.82 bits per heavy atom. The molecule has 1 N–H and O–H groups in total. The third kappa shape index (κ3) is 8.86. The molecule has 0 radical (unpaired) electrons. The molecule has 0 aromatic carbocycles. The van der Waals surface area contributed by atoms with E-state index >= 15 is 0 Å². The molecule has 0 bridgehead atoms. The lowest BCUT2D eigenvalue weighted by Crippen LogP contribution is -2.44. The van der Waals surface area contributed by atoms with Crippen LogP contribution in [0.1, 0.15) is 91.9 Å². The minimum absolute atomic E-state index is 0.243. The molecule has 3 rings (SSSR count). The zero-order valence-corrected chi connectivity index (χ0v) is 25.3. The van der Waals surface area contributed by atoms with Gasteiger partial charge in [-0.05, 0) is 56.4 Å².